The molecular weight excluding hydrogens is 208 g/mol. The van der Waals surface area contributed by atoms with Gasteiger partial charge in [0, 0.05) is 24.7 Å². The third-order valence-electron chi connectivity index (χ3n) is 3.37. The lowest BCUT2D eigenvalue weighted by Crippen LogP contribution is -2.48. The Labute approximate surface area is 94.8 Å². The Hall–Kier alpha value is -0.450. The van der Waals surface area contributed by atoms with Crippen LogP contribution in [0, 0.1) is 5.92 Å². The summed E-state index contributed by atoms with van der Waals surface area (Å²) in [5, 5.41) is 13.2. The lowest BCUT2D eigenvalue weighted by molar-refractivity contribution is -0.0524. The van der Waals surface area contributed by atoms with Crippen LogP contribution in [0.3, 0.4) is 0 Å². The zero-order chi connectivity index (χ0) is 10.9. The third-order valence-corrected chi connectivity index (χ3v) is 4.13. The summed E-state index contributed by atoms with van der Waals surface area (Å²) in [6.07, 6.45) is 2.71. The SMILES string of the molecule is C[C@@H]1CN(Cc2nccs2)CC[C@]1(C)O. The Morgan fingerprint density at radius 1 is 1.73 bits per heavy atom. The van der Waals surface area contributed by atoms with Crippen LogP contribution in [0.15, 0.2) is 11.6 Å². The summed E-state index contributed by atoms with van der Waals surface area (Å²) in [5.41, 5.74) is -0.487. The van der Waals surface area contributed by atoms with Gasteiger partial charge in [0.25, 0.3) is 0 Å². The number of hydrogen-bond donors (Lipinski definition) is 1. The van der Waals surface area contributed by atoms with E-state index in [1.54, 1.807) is 11.3 Å². The second kappa shape index (κ2) is 4.20. The predicted octanol–water partition coefficient (Wildman–Crippen LogP) is 1.74. The van der Waals surface area contributed by atoms with E-state index in [1.165, 1.54) is 5.01 Å². The number of piperidine rings is 1. The molecule has 0 aliphatic carbocycles. The van der Waals surface area contributed by atoms with Crippen molar-refractivity contribution in [1.29, 1.82) is 0 Å². The Morgan fingerprint density at radius 2 is 2.53 bits per heavy atom. The molecule has 0 aromatic carbocycles. The molecule has 4 heteroatoms. The molecule has 2 heterocycles. The molecule has 15 heavy (non-hydrogen) atoms. The van der Waals surface area contributed by atoms with Gasteiger partial charge in [0.2, 0.25) is 0 Å². The van der Waals surface area contributed by atoms with E-state index in [0.717, 1.165) is 26.1 Å². The van der Waals surface area contributed by atoms with Gasteiger partial charge >= 0.3 is 0 Å². The average molecular weight is 226 g/mol. The van der Waals surface area contributed by atoms with E-state index < -0.39 is 5.60 Å². The summed E-state index contributed by atoms with van der Waals surface area (Å²) in [7, 11) is 0. The fraction of sp³-hybridized carbons (Fsp3) is 0.727. The molecule has 1 aromatic heterocycles. The van der Waals surface area contributed by atoms with Gasteiger partial charge in [0.1, 0.15) is 5.01 Å². The summed E-state index contributed by atoms with van der Waals surface area (Å²) in [5.74, 6) is 0.339. The Bertz CT molecular complexity index is 310. The summed E-state index contributed by atoms with van der Waals surface area (Å²) in [6.45, 7) is 6.92. The van der Waals surface area contributed by atoms with Gasteiger partial charge in [0.15, 0.2) is 0 Å². The zero-order valence-electron chi connectivity index (χ0n) is 9.31. The number of aromatic nitrogens is 1. The molecule has 84 valence electrons. The van der Waals surface area contributed by atoms with Crippen LogP contribution in [-0.2, 0) is 6.54 Å². The predicted molar refractivity (Wildman–Crippen MR) is 61.8 cm³/mol. The van der Waals surface area contributed by atoms with E-state index in [0.29, 0.717) is 5.92 Å². The van der Waals surface area contributed by atoms with Gasteiger partial charge in [-0.2, -0.15) is 0 Å². The molecule has 3 nitrogen and oxygen atoms in total. The molecule has 1 N–H and O–H groups in total. The largest absolute Gasteiger partial charge is 0.390 e. The quantitative estimate of drug-likeness (QED) is 0.834. The fourth-order valence-electron chi connectivity index (χ4n) is 1.97. The van der Waals surface area contributed by atoms with E-state index in [-0.39, 0.29) is 0 Å². The topological polar surface area (TPSA) is 36.4 Å². The van der Waals surface area contributed by atoms with Crippen molar-refractivity contribution in [2.24, 2.45) is 5.92 Å². The van der Waals surface area contributed by atoms with Crippen molar-refractivity contribution in [2.45, 2.75) is 32.4 Å². The van der Waals surface area contributed by atoms with Crippen LogP contribution in [0.4, 0.5) is 0 Å². The molecule has 0 spiro atoms. The lowest BCUT2D eigenvalue weighted by atomic mass is 9.84. The highest BCUT2D eigenvalue weighted by Crippen LogP contribution is 2.27. The van der Waals surface area contributed by atoms with Crippen molar-refractivity contribution in [3.8, 4) is 0 Å². The van der Waals surface area contributed by atoms with Crippen molar-refractivity contribution in [2.75, 3.05) is 13.1 Å². The van der Waals surface area contributed by atoms with Crippen molar-refractivity contribution < 1.29 is 5.11 Å². The van der Waals surface area contributed by atoms with Crippen molar-refractivity contribution in [3.63, 3.8) is 0 Å². The van der Waals surface area contributed by atoms with Crippen molar-refractivity contribution in [3.05, 3.63) is 16.6 Å². The minimum atomic E-state index is -0.487. The van der Waals surface area contributed by atoms with E-state index in [1.807, 2.05) is 18.5 Å². The first kappa shape index (κ1) is 11.0. The molecule has 1 aromatic rings. The highest BCUT2D eigenvalue weighted by Gasteiger charge is 2.34. The minimum Gasteiger partial charge on any atom is -0.390 e. The lowest BCUT2D eigenvalue weighted by Gasteiger charge is -2.40. The summed E-state index contributed by atoms with van der Waals surface area (Å²) < 4.78 is 0. The van der Waals surface area contributed by atoms with Gasteiger partial charge in [-0.05, 0) is 19.3 Å². The van der Waals surface area contributed by atoms with E-state index in [9.17, 15) is 5.11 Å². The molecule has 1 saturated heterocycles. The third kappa shape index (κ3) is 2.56. The van der Waals surface area contributed by atoms with Gasteiger partial charge < -0.3 is 5.11 Å². The molecule has 0 radical (unpaired) electrons. The van der Waals surface area contributed by atoms with Gasteiger partial charge in [-0.1, -0.05) is 6.92 Å². The van der Waals surface area contributed by atoms with E-state index in [4.69, 9.17) is 0 Å². The molecular formula is C11H18N2OS. The number of hydrogen-bond acceptors (Lipinski definition) is 4. The van der Waals surface area contributed by atoms with Crippen LogP contribution >= 0.6 is 11.3 Å². The fourth-order valence-corrected chi connectivity index (χ4v) is 2.63. The molecule has 2 atom stereocenters. The van der Waals surface area contributed by atoms with Gasteiger partial charge in [-0.3, -0.25) is 4.90 Å². The van der Waals surface area contributed by atoms with Gasteiger partial charge in [-0.25, -0.2) is 4.98 Å². The second-order valence-corrected chi connectivity index (χ2v) is 5.65. The number of nitrogens with zero attached hydrogens (tertiary/aromatic N) is 2. The molecule has 1 aliphatic rings. The smallest absolute Gasteiger partial charge is 0.107 e. The molecule has 0 bridgehead atoms. The first-order valence-corrected chi connectivity index (χ1v) is 6.29. The van der Waals surface area contributed by atoms with Crippen LogP contribution < -0.4 is 0 Å². The zero-order valence-corrected chi connectivity index (χ0v) is 10.1. The summed E-state index contributed by atoms with van der Waals surface area (Å²) in [6, 6.07) is 0. The van der Waals surface area contributed by atoms with Crippen molar-refractivity contribution in [1.82, 2.24) is 9.88 Å². The normalized spacial score (nSPS) is 33.1. The molecule has 1 fully saturated rings. The molecule has 1 aliphatic heterocycles. The number of likely N-dealkylation sites (tertiary alicyclic amines) is 1. The first-order chi connectivity index (χ1) is 7.08. The molecule has 0 saturated carbocycles. The highest BCUT2D eigenvalue weighted by molar-refractivity contribution is 7.09. The molecule has 0 unspecified atom stereocenters. The van der Waals surface area contributed by atoms with E-state index >= 15 is 0 Å². The Balaban J connectivity index is 1.92. The van der Waals surface area contributed by atoms with Gasteiger partial charge in [-0.15, -0.1) is 11.3 Å². The molecule has 0 amide bonds. The Morgan fingerprint density at radius 3 is 3.13 bits per heavy atom. The van der Waals surface area contributed by atoms with Crippen molar-refractivity contribution >= 4 is 11.3 Å². The van der Waals surface area contributed by atoms with Crippen LogP contribution in [0.5, 0.6) is 0 Å². The minimum absolute atomic E-state index is 0.339. The van der Waals surface area contributed by atoms with Gasteiger partial charge in [0.05, 0.1) is 12.1 Å². The van der Waals surface area contributed by atoms with E-state index in [2.05, 4.69) is 16.8 Å². The summed E-state index contributed by atoms with van der Waals surface area (Å²) in [4.78, 5) is 6.66. The average Bonchev–Trinajstić information content (AvgIpc) is 2.65. The van der Waals surface area contributed by atoms with Crippen LogP contribution in [0.1, 0.15) is 25.3 Å². The number of aliphatic hydroxyl groups is 1. The maximum absolute atomic E-state index is 10.0. The van der Waals surface area contributed by atoms with Crippen LogP contribution in [-0.4, -0.2) is 33.7 Å². The number of rotatable bonds is 2. The number of thiazole rings is 1. The maximum atomic E-state index is 10.0. The highest BCUT2D eigenvalue weighted by atomic mass is 32.1. The maximum Gasteiger partial charge on any atom is 0.107 e. The summed E-state index contributed by atoms with van der Waals surface area (Å²) >= 11 is 1.70. The van der Waals surface area contributed by atoms with Crippen LogP contribution in [0.2, 0.25) is 0 Å². The molecule has 2 rings (SSSR count). The standard InChI is InChI=1S/C11H18N2OS/c1-9-7-13(5-3-11(9,2)14)8-10-12-4-6-15-10/h4,6,9,14H,3,5,7-8H2,1-2H3/t9-,11+/m1/s1. The monoisotopic (exact) mass is 226 g/mol. The van der Waals surface area contributed by atoms with Crippen LogP contribution in [0.25, 0.3) is 0 Å². The first-order valence-electron chi connectivity index (χ1n) is 5.41. The Kier molecular flexibility index (Phi) is 3.09. The second-order valence-electron chi connectivity index (χ2n) is 4.67.